The fourth-order valence-corrected chi connectivity index (χ4v) is 5.76. The average Bonchev–Trinajstić information content (AvgIpc) is 3.29. The summed E-state index contributed by atoms with van der Waals surface area (Å²) in [7, 11) is -3.39. The molecule has 1 fully saturated rings. The number of rotatable bonds is 3. The molecule has 0 aromatic heterocycles. The summed E-state index contributed by atoms with van der Waals surface area (Å²) in [6.07, 6.45) is 2.83. The fraction of sp³-hybridized carbons (Fsp3) is 0.350. The minimum Gasteiger partial charge on any atom is -0.332 e. The molecule has 0 spiro atoms. The molecule has 2 heterocycles. The Morgan fingerprint density at radius 2 is 1.74 bits per heavy atom. The molecule has 4 rings (SSSR count). The van der Waals surface area contributed by atoms with Gasteiger partial charge < -0.3 is 10.2 Å². The lowest BCUT2D eigenvalue weighted by Crippen LogP contribution is -2.38. The number of nitrogens with one attached hydrogen (secondary N) is 1. The zero-order valence-corrected chi connectivity index (χ0v) is 16.9. The molecule has 2 aromatic rings. The molecule has 2 aliphatic rings. The van der Waals surface area contributed by atoms with Crippen molar-refractivity contribution < 1.29 is 8.42 Å². The second-order valence-electron chi connectivity index (χ2n) is 7.12. The summed E-state index contributed by atoms with van der Waals surface area (Å²) in [6, 6.07) is 15.4. The average molecular weight is 402 g/mol. The molecule has 1 N–H and O–H groups in total. The highest BCUT2D eigenvalue weighted by atomic mass is 32.2. The Hall–Kier alpha value is -1.96. The largest absolute Gasteiger partial charge is 0.332 e. The van der Waals surface area contributed by atoms with Crippen LogP contribution in [0.4, 0.5) is 11.4 Å². The van der Waals surface area contributed by atoms with E-state index in [2.05, 4.69) is 29.3 Å². The first-order chi connectivity index (χ1) is 13.0. The number of fused-ring (bicyclic) bond motifs is 1. The van der Waals surface area contributed by atoms with Gasteiger partial charge in [-0.25, -0.2) is 8.42 Å². The Morgan fingerprint density at radius 3 is 2.44 bits per heavy atom. The van der Waals surface area contributed by atoms with Crippen LogP contribution in [0.2, 0.25) is 0 Å². The van der Waals surface area contributed by atoms with Gasteiger partial charge >= 0.3 is 0 Å². The van der Waals surface area contributed by atoms with Gasteiger partial charge in [0.1, 0.15) is 0 Å². The van der Waals surface area contributed by atoms with Crippen LogP contribution >= 0.6 is 12.2 Å². The maximum Gasteiger partial charge on any atom is 0.243 e. The van der Waals surface area contributed by atoms with Gasteiger partial charge in [-0.05, 0) is 74.3 Å². The Labute approximate surface area is 166 Å². The highest BCUT2D eigenvalue weighted by Crippen LogP contribution is 2.32. The SMILES string of the molecule is C[C@H]1Cc2ccccc2N1C(=S)Nc1ccc(S(=O)(=O)N2CCCC2)cc1. The number of anilines is 2. The Morgan fingerprint density at radius 1 is 1.07 bits per heavy atom. The van der Waals surface area contributed by atoms with Crippen LogP contribution in [-0.4, -0.2) is 37.0 Å². The first-order valence-electron chi connectivity index (χ1n) is 9.25. The fourth-order valence-electron chi connectivity index (χ4n) is 3.85. The standard InChI is InChI=1S/C20H23N3O2S2/c1-15-14-16-6-2-3-7-19(16)23(15)20(26)21-17-8-10-18(11-9-17)27(24,25)22-12-4-5-13-22/h2-3,6-11,15H,4-5,12-14H2,1H3,(H,21,26)/t15-/m0/s1. The van der Waals surface area contributed by atoms with Crippen molar-refractivity contribution in [1.29, 1.82) is 0 Å². The number of nitrogens with zero attached hydrogens (tertiary/aromatic N) is 2. The molecule has 0 saturated carbocycles. The lowest BCUT2D eigenvalue weighted by Gasteiger charge is -2.26. The number of para-hydroxylation sites is 1. The summed E-state index contributed by atoms with van der Waals surface area (Å²) < 4.78 is 26.8. The molecule has 0 bridgehead atoms. The van der Waals surface area contributed by atoms with Gasteiger partial charge in [0.25, 0.3) is 0 Å². The minimum absolute atomic E-state index is 0.289. The van der Waals surface area contributed by atoms with Crippen molar-refractivity contribution in [2.24, 2.45) is 0 Å². The molecule has 0 aliphatic carbocycles. The third-order valence-electron chi connectivity index (χ3n) is 5.23. The van der Waals surface area contributed by atoms with Crippen LogP contribution in [0.15, 0.2) is 53.4 Å². The van der Waals surface area contributed by atoms with Crippen molar-refractivity contribution in [2.45, 2.75) is 37.1 Å². The van der Waals surface area contributed by atoms with E-state index in [4.69, 9.17) is 12.2 Å². The van der Waals surface area contributed by atoms with Gasteiger partial charge in [-0.1, -0.05) is 18.2 Å². The predicted octanol–water partition coefficient (Wildman–Crippen LogP) is 3.62. The number of hydrogen-bond acceptors (Lipinski definition) is 3. The van der Waals surface area contributed by atoms with E-state index in [9.17, 15) is 8.42 Å². The van der Waals surface area contributed by atoms with Crippen molar-refractivity contribution in [2.75, 3.05) is 23.3 Å². The van der Waals surface area contributed by atoms with Gasteiger partial charge in [0.2, 0.25) is 10.0 Å². The topological polar surface area (TPSA) is 52.7 Å². The van der Waals surface area contributed by atoms with Crippen LogP contribution in [0.1, 0.15) is 25.3 Å². The van der Waals surface area contributed by atoms with Crippen LogP contribution < -0.4 is 10.2 Å². The molecule has 7 heteroatoms. The first-order valence-corrected chi connectivity index (χ1v) is 11.1. The second-order valence-corrected chi connectivity index (χ2v) is 9.44. The van der Waals surface area contributed by atoms with E-state index in [1.54, 1.807) is 28.6 Å². The lowest BCUT2D eigenvalue weighted by molar-refractivity contribution is 0.477. The molecule has 2 aromatic carbocycles. The summed E-state index contributed by atoms with van der Waals surface area (Å²) >= 11 is 5.63. The zero-order valence-electron chi connectivity index (χ0n) is 15.3. The number of sulfonamides is 1. The smallest absolute Gasteiger partial charge is 0.243 e. The monoisotopic (exact) mass is 401 g/mol. The Kier molecular flexibility index (Phi) is 4.92. The molecule has 2 aliphatic heterocycles. The summed E-state index contributed by atoms with van der Waals surface area (Å²) in [4.78, 5) is 2.46. The first kappa shape index (κ1) is 18.4. The maximum absolute atomic E-state index is 12.6. The van der Waals surface area contributed by atoms with E-state index in [0.717, 1.165) is 30.6 Å². The van der Waals surface area contributed by atoms with Crippen molar-refractivity contribution in [3.05, 3.63) is 54.1 Å². The quantitative estimate of drug-likeness (QED) is 0.796. The molecule has 1 saturated heterocycles. The molecule has 142 valence electrons. The third-order valence-corrected chi connectivity index (χ3v) is 7.45. The van der Waals surface area contributed by atoms with Gasteiger partial charge in [-0.2, -0.15) is 4.31 Å². The van der Waals surface area contributed by atoms with Crippen LogP contribution in [0.3, 0.4) is 0 Å². The van der Waals surface area contributed by atoms with Crippen molar-refractivity contribution in [3.8, 4) is 0 Å². The summed E-state index contributed by atoms with van der Waals surface area (Å²) in [6.45, 7) is 3.37. The zero-order chi connectivity index (χ0) is 19.0. The molecule has 0 unspecified atom stereocenters. The number of hydrogen-bond donors (Lipinski definition) is 1. The van der Waals surface area contributed by atoms with Gasteiger partial charge in [0.15, 0.2) is 5.11 Å². The normalized spacial score (nSPS) is 19.9. The summed E-state index contributed by atoms with van der Waals surface area (Å²) in [5.74, 6) is 0. The van der Waals surface area contributed by atoms with Crippen molar-refractivity contribution in [1.82, 2.24) is 4.31 Å². The third kappa shape index (κ3) is 3.47. The maximum atomic E-state index is 12.6. The minimum atomic E-state index is -3.39. The molecular formula is C20H23N3O2S2. The van der Waals surface area contributed by atoms with Crippen molar-refractivity contribution >= 4 is 38.7 Å². The number of thiocarbonyl (C=S) groups is 1. The van der Waals surface area contributed by atoms with E-state index >= 15 is 0 Å². The lowest BCUT2D eigenvalue weighted by atomic mass is 10.1. The highest BCUT2D eigenvalue weighted by Gasteiger charge is 2.29. The van der Waals surface area contributed by atoms with E-state index in [-0.39, 0.29) is 6.04 Å². The van der Waals surface area contributed by atoms with Gasteiger partial charge in [-0.3, -0.25) is 0 Å². The van der Waals surface area contributed by atoms with E-state index in [1.807, 2.05) is 12.1 Å². The Bertz CT molecular complexity index is 951. The molecular weight excluding hydrogens is 378 g/mol. The highest BCUT2D eigenvalue weighted by molar-refractivity contribution is 7.89. The molecule has 0 radical (unpaired) electrons. The number of benzene rings is 2. The molecule has 0 amide bonds. The van der Waals surface area contributed by atoms with E-state index in [0.29, 0.717) is 23.1 Å². The van der Waals surface area contributed by atoms with Crippen LogP contribution in [0, 0.1) is 0 Å². The van der Waals surface area contributed by atoms with E-state index < -0.39 is 10.0 Å². The van der Waals surface area contributed by atoms with Crippen molar-refractivity contribution in [3.63, 3.8) is 0 Å². The van der Waals surface area contributed by atoms with E-state index in [1.165, 1.54) is 5.56 Å². The van der Waals surface area contributed by atoms with Crippen LogP contribution in [0.25, 0.3) is 0 Å². The second kappa shape index (κ2) is 7.22. The van der Waals surface area contributed by atoms with Crippen LogP contribution in [0.5, 0.6) is 0 Å². The summed E-state index contributed by atoms with van der Waals surface area (Å²) in [5, 5.41) is 3.88. The molecule has 1 atom stereocenters. The van der Waals surface area contributed by atoms with Gasteiger partial charge in [-0.15, -0.1) is 0 Å². The van der Waals surface area contributed by atoms with Gasteiger partial charge in [0.05, 0.1) is 4.90 Å². The summed E-state index contributed by atoms with van der Waals surface area (Å²) in [5.41, 5.74) is 3.22. The Balaban J connectivity index is 1.50. The van der Waals surface area contributed by atoms with Gasteiger partial charge in [0, 0.05) is 30.5 Å². The predicted molar refractivity (Wildman–Crippen MR) is 113 cm³/mol. The molecule has 5 nitrogen and oxygen atoms in total. The van der Waals surface area contributed by atoms with Crippen LogP contribution in [-0.2, 0) is 16.4 Å². The molecule has 27 heavy (non-hydrogen) atoms.